The summed E-state index contributed by atoms with van der Waals surface area (Å²) in [5, 5.41) is 24.7. The molecule has 0 spiro atoms. The predicted octanol–water partition coefficient (Wildman–Crippen LogP) is 11.1. The summed E-state index contributed by atoms with van der Waals surface area (Å²) in [6.45, 7) is 19.3. The van der Waals surface area contributed by atoms with E-state index in [2.05, 4.69) is 33.9 Å². The van der Waals surface area contributed by atoms with Crippen LogP contribution in [-0.4, -0.2) is 89.2 Å². The Morgan fingerprint density at radius 1 is 0.681 bits per heavy atom. The molecule has 0 radical (unpaired) electrons. The van der Waals surface area contributed by atoms with Crippen molar-refractivity contribution in [3.05, 3.63) is 115 Å². The highest BCUT2D eigenvalue weighted by Crippen LogP contribution is 2.45. The fourth-order valence-corrected chi connectivity index (χ4v) is 10.3. The van der Waals surface area contributed by atoms with Gasteiger partial charge in [-0.3, -0.25) is 29.8 Å². The van der Waals surface area contributed by atoms with E-state index in [1.165, 1.54) is 38.5 Å². The molecule has 2 amide bonds. The standard InChI is InChI=1S/C51H68N4O12Si2/c1-50(2,3)69(10,11)67-33-37-28-35-20-14-16-22-41(35)53(37)49(57)39-30-45(64-7)47(32-43(39)55(60)61)66-26-18-12-17-25-65-46-31-42(54(58)59)38(29-44(46)63-6)48(56)52-36(23-24-51(4,5)68(8,9)62)27-34-19-13-15-21-40(34)52/h13-16,19-22,29-32,36-37,62H,12,17-18,23-28,33H2,1-11H3/t36-,37+/m1/s1. The molecule has 0 unspecified atom stereocenters. The summed E-state index contributed by atoms with van der Waals surface area (Å²) in [4.78, 5) is 67.0. The summed E-state index contributed by atoms with van der Waals surface area (Å²) in [6, 6.07) is 19.7. The number of amides is 2. The average Bonchev–Trinajstić information content (AvgIpc) is 3.86. The van der Waals surface area contributed by atoms with Gasteiger partial charge in [0.05, 0.1) is 62.1 Å². The second-order valence-corrected chi connectivity index (χ2v) is 30.0. The van der Waals surface area contributed by atoms with Crippen molar-refractivity contribution < 1.29 is 47.6 Å². The lowest BCUT2D eigenvalue weighted by molar-refractivity contribution is -0.385. The molecule has 2 aliphatic rings. The largest absolute Gasteiger partial charge is 0.493 e. The average molecular weight is 985 g/mol. The number of hydrogen-bond acceptors (Lipinski definition) is 12. The number of nitro groups is 2. The number of unbranched alkanes of at least 4 members (excludes halogenated alkanes) is 2. The summed E-state index contributed by atoms with van der Waals surface area (Å²) in [5.74, 6) is -0.473. The Bertz CT molecular complexity index is 2380. The van der Waals surface area contributed by atoms with Crippen LogP contribution in [0.4, 0.5) is 22.7 Å². The van der Waals surface area contributed by atoms with Gasteiger partial charge in [0.15, 0.2) is 39.6 Å². The van der Waals surface area contributed by atoms with Crippen LogP contribution in [0.2, 0.25) is 36.3 Å². The number of hydrogen-bond donors (Lipinski definition) is 1. The van der Waals surface area contributed by atoms with E-state index in [0.717, 1.165) is 11.1 Å². The lowest BCUT2D eigenvalue weighted by atomic mass is 9.99. The Kier molecular flexibility index (Phi) is 16.0. The van der Waals surface area contributed by atoms with Gasteiger partial charge in [-0.25, -0.2) is 0 Å². The van der Waals surface area contributed by atoms with Gasteiger partial charge >= 0.3 is 0 Å². The molecule has 16 nitrogen and oxygen atoms in total. The van der Waals surface area contributed by atoms with E-state index < -0.39 is 49.7 Å². The molecule has 0 bridgehead atoms. The first-order valence-electron chi connectivity index (χ1n) is 23.6. The predicted molar refractivity (Wildman–Crippen MR) is 272 cm³/mol. The molecule has 4 aromatic rings. The Labute approximate surface area is 407 Å². The van der Waals surface area contributed by atoms with Crippen LogP contribution in [0.15, 0.2) is 72.8 Å². The van der Waals surface area contributed by atoms with Gasteiger partial charge in [-0.1, -0.05) is 71.0 Å². The van der Waals surface area contributed by atoms with E-state index in [-0.39, 0.29) is 76.1 Å². The van der Waals surface area contributed by atoms with Gasteiger partial charge in [0, 0.05) is 29.5 Å². The van der Waals surface area contributed by atoms with Crippen molar-refractivity contribution in [2.75, 3.05) is 43.8 Å². The SMILES string of the molecule is COc1cc(C(=O)N2c3ccccc3C[C@H]2CCC(C)(C)[Si](C)(C)O)c([N+](=O)[O-])cc1OCCCCCOc1cc([N+](=O)[O-])c(C(=O)N2c3ccccc3C[C@H]2CO[Si](C)(C)C(C)(C)C)cc1OC. The maximum Gasteiger partial charge on any atom is 0.286 e. The second-order valence-electron chi connectivity index (χ2n) is 20.7. The van der Waals surface area contributed by atoms with E-state index in [0.29, 0.717) is 56.3 Å². The van der Waals surface area contributed by atoms with Crippen LogP contribution in [-0.2, 0) is 17.3 Å². The molecule has 18 heteroatoms. The lowest BCUT2D eigenvalue weighted by Crippen LogP contribution is -2.47. The van der Waals surface area contributed by atoms with E-state index in [4.69, 9.17) is 23.4 Å². The van der Waals surface area contributed by atoms with E-state index in [1.807, 2.05) is 75.5 Å². The van der Waals surface area contributed by atoms with Crippen LogP contribution in [0.5, 0.6) is 23.0 Å². The summed E-state index contributed by atoms with van der Waals surface area (Å²) in [5.41, 5.74) is 2.25. The number of ether oxygens (including phenoxy) is 4. The number of carbonyl (C=O) groups excluding carboxylic acids is 2. The molecule has 4 aromatic carbocycles. The van der Waals surface area contributed by atoms with Gasteiger partial charge in [0.2, 0.25) is 0 Å². The highest BCUT2D eigenvalue weighted by Gasteiger charge is 2.44. The fraction of sp³-hybridized carbons (Fsp3) is 0.490. The normalized spacial score (nSPS) is 15.9. The van der Waals surface area contributed by atoms with Crippen LogP contribution in [0.25, 0.3) is 0 Å². The molecule has 69 heavy (non-hydrogen) atoms. The Hall–Kier alpha value is -5.83. The molecule has 2 aliphatic heterocycles. The molecule has 0 saturated heterocycles. The van der Waals surface area contributed by atoms with E-state index in [1.54, 1.807) is 9.80 Å². The van der Waals surface area contributed by atoms with Crippen LogP contribution in [0.3, 0.4) is 0 Å². The Balaban J connectivity index is 1.10. The third kappa shape index (κ3) is 11.5. The molecular weight excluding hydrogens is 917 g/mol. The number of nitro benzene ring substituents is 2. The first-order chi connectivity index (χ1) is 32.4. The molecule has 0 aliphatic carbocycles. The maximum atomic E-state index is 14.4. The summed E-state index contributed by atoms with van der Waals surface area (Å²) in [6.07, 6.45) is 4.04. The van der Waals surface area contributed by atoms with Crippen molar-refractivity contribution in [2.24, 2.45) is 0 Å². The van der Waals surface area contributed by atoms with Crippen molar-refractivity contribution in [3.8, 4) is 23.0 Å². The Morgan fingerprint density at radius 3 is 1.54 bits per heavy atom. The smallest absolute Gasteiger partial charge is 0.286 e. The van der Waals surface area contributed by atoms with Crippen LogP contribution >= 0.6 is 0 Å². The molecule has 0 aromatic heterocycles. The van der Waals surface area contributed by atoms with Gasteiger partial charge in [-0.05, 0) is 104 Å². The fourth-order valence-electron chi connectivity index (χ4n) is 8.48. The zero-order valence-corrected chi connectivity index (χ0v) is 43.9. The van der Waals surface area contributed by atoms with Crippen LogP contribution in [0.1, 0.15) is 98.6 Å². The number of carbonyl (C=O) groups is 2. The van der Waals surface area contributed by atoms with Crippen molar-refractivity contribution in [3.63, 3.8) is 0 Å². The minimum atomic E-state index is -2.53. The molecule has 6 rings (SSSR count). The number of para-hydroxylation sites is 2. The number of benzene rings is 4. The molecule has 1 N–H and O–H groups in total. The quantitative estimate of drug-likeness (QED) is 0.0360. The lowest BCUT2D eigenvalue weighted by Gasteiger charge is -2.38. The molecule has 0 fully saturated rings. The highest BCUT2D eigenvalue weighted by atomic mass is 28.4. The summed E-state index contributed by atoms with van der Waals surface area (Å²) < 4.78 is 29.8. The molecule has 2 heterocycles. The van der Waals surface area contributed by atoms with Crippen molar-refractivity contribution in [1.29, 1.82) is 0 Å². The van der Waals surface area contributed by atoms with Crippen molar-refractivity contribution >= 4 is 51.2 Å². The first kappa shape index (κ1) is 52.5. The second kappa shape index (κ2) is 21.0. The summed E-state index contributed by atoms with van der Waals surface area (Å²) >= 11 is 0. The van der Waals surface area contributed by atoms with Gasteiger partial charge in [0.25, 0.3) is 23.2 Å². The molecular formula is C51H68N4O12Si2. The minimum absolute atomic E-state index is 0.0492. The van der Waals surface area contributed by atoms with Crippen LogP contribution in [0, 0.1) is 20.2 Å². The van der Waals surface area contributed by atoms with Crippen molar-refractivity contribution in [2.45, 2.75) is 128 Å². The first-order valence-corrected chi connectivity index (χ1v) is 29.4. The van der Waals surface area contributed by atoms with Crippen molar-refractivity contribution in [1.82, 2.24) is 0 Å². The molecule has 2 atom stereocenters. The number of anilines is 2. The molecule has 372 valence electrons. The van der Waals surface area contributed by atoms with E-state index in [9.17, 15) is 34.6 Å². The highest BCUT2D eigenvalue weighted by molar-refractivity contribution is 6.74. The number of fused-ring (bicyclic) bond motifs is 2. The maximum absolute atomic E-state index is 14.4. The van der Waals surface area contributed by atoms with Gasteiger partial charge in [-0.2, -0.15) is 0 Å². The zero-order valence-electron chi connectivity index (χ0n) is 41.9. The third-order valence-corrected chi connectivity index (χ3v) is 22.6. The summed E-state index contributed by atoms with van der Waals surface area (Å²) in [7, 11) is -1.89. The van der Waals surface area contributed by atoms with Gasteiger partial charge in [0.1, 0.15) is 11.1 Å². The van der Waals surface area contributed by atoms with E-state index >= 15 is 0 Å². The van der Waals surface area contributed by atoms with Gasteiger partial charge in [-0.15, -0.1) is 0 Å². The third-order valence-electron chi connectivity index (χ3n) is 14.5. The monoisotopic (exact) mass is 984 g/mol. The van der Waals surface area contributed by atoms with Crippen LogP contribution < -0.4 is 28.7 Å². The zero-order chi connectivity index (χ0) is 50.6. The molecule has 0 saturated carbocycles. The number of methoxy groups -OCH3 is 2. The number of rotatable bonds is 21. The number of nitrogens with zero attached hydrogens (tertiary/aromatic N) is 4. The topological polar surface area (TPSA) is 193 Å². The Morgan fingerprint density at radius 2 is 1.12 bits per heavy atom. The van der Waals surface area contributed by atoms with Gasteiger partial charge < -0.3 is 38.0 Å². The minimum Gasteiger partial charge on any atom is -0.493 e.